The second kappa shape index (κ2) is 6.11. The third kappa shape index (κ3) is 2.74. The first-order valence-electron chi connectivity index (χ1n) is 8.79. The molecular formula is C21H25N2+. The third-order valence-electron chi connectivity index (χ3n) is 4.91. The monoisotopic (exact) mass is 306 g/mol. The van der Waals surface area contributed by atoms with Crippen LogP contribution in [-0.4, -0.2) is 4.98 Å². The lowest BCUT2D eigenvalue weighted by molar-refractivity contribution is -0.665. The molecular weight excluding hydrogens is 280 g/mol. The highest BCUT2D eigenvalue weighted by atomic mass is 14.9. The highest BCUT2D eigenvalue weighted by Crippen LogP contribution is 2.30. The van der Waals surface area contributed by atoms with Crippen LogP contribution in [0.15, 0.2) is 42.7 Å². The summed E-state index contributed by atoms with van der Waals surface area (Å²) in [4.78, 5) is 4.22. The van der Waals surface area contributed by atoms with Gasteiger partial charge in [0, 0.05) is 25.4 Å². The molecule has 2 nitrogen and oxygen atoms in total. The number of benzene rings is 1. The molecule has 3 aromatic rings. The molecule has 0 aliphatic carbocycles. The van der Waals surface area contributed by atoms with Gasteiger partial charge in [-0.25, -0.2) is 0 Å². The minimum absolute atomic E-state index is 0.508. The van der Waals surface area contributed by atoms with Gasteiger partial charge in [-0.1, -0.05) is 26.0 Å². The number of hydrogen-bond acceptors (Lipinski definition) is 1. The molecule has 118 valence electrons. The van der Waals surface area contributed by atoms with Gasteiger partial charge < -0.3 is 0 Å². The smallest absolute Gasteiger partial charge is 0.220 e. The van der Waals surface area contributed by atoms with Crippen LogP contribution in [0.4, 0.5) is 0 Å². The van der Waals surface area contributed by atoms with Gasteiger partial charge in [-0.15, -0.1) is 0 Å². The standard InChI is InChI=1S/C21H25N2/c1-6-14(2)17-7-8-20-18(12-17)11-16(4)23(5)21(20)19-9-10-22-13-15(19)3/h7-14H,6H2,1-5H3/q+1/i11D. The maximum absolute atomic E-state index is 8.60. The van der Waals surface area contributed by atoms with E-state index in [2.05, 4.69) is 54.6 Å². The van der Waals surface area contributed by atoms with E-state index in [0.29, 0.717) is 12.0 Å². The molecule has 3 rings (SSSR count). The minimum Gasteiger partial charge on any atom is -0.264 e. The van der Waals surface area contributed by atoms with Gasteiger partial charge in [0.05, 0.1) is 12.3 Å². The Morgan fingerprint density at radius 3 is 2.74 bits per heavy atom. The van der Waals surface area contributed by atoms with Gasteiger partial charge in [-0.05, 0) is 47.9 Å². The van der Waals surface area contributed by atoms with Crippen molar-refractivity contribution < 1.29 is 5.94 Å². The Bertz CT molecular complexity index is 915. The second-order valence-corrected chi connectivity index (χ2v) is 6.42. The van der Waals surface area contributed by atoms with Crippen molar-refractivity contribution in [1.82, 2.24) is 4.98 Å². The summed E-state index contributed by atoms with van der Waals surface area (Å²) < 4.78 is 10.7. The molecule has 0 aliphatic rings. The summed E-state index contributed by atoms with van der Waals surface area (Å²) in [6, 6.07) is 9.29. The van der Waals surface area contributed by atoms with Crippen LogP contribution < -0.4 is 4.57 Å². The molecule has 0 radical (unpaired) electrons. The van der Waals surface area contributed by atoms with Gasteiger partial charge in [0.1, 0.15) is 7.05 Å². The van der Waals surface area contributed by atoms with E-state index in [9.17, 15) is 0 Å². The highest BCUT2D eigenvalue weighted by molar-refractivity contribution is 5.94. The van der Waals surface area contributed by atoms with Crippen molar-refractivity contribution in [2.24, 2.45) is 7.05 Å². The van der Waals surface area contributed by atoms with Crippen molar-refractivity contribution in [1.29, 1.82) is 0 Å². The molecule has 0 spiro atoms. The van der Waals surface area contributed by atoms with Crippen LogP contribution in [0.1, 0.15) is 44.4 Å². The molecule has 0 saturated heterocycles. The first-order valence-corrected chi connectivity index (χ1v) is 8.29. The van der Waals surface area contributed by atoms with Crippen LogP contribution in [0.5, 0.6) is 0 Å². The molecule has 0 aliphatic heterocycles. The molecule has 2 heterocycles. The number of aryl methyl sites for hydroxylation is 1. The zero-order chi connectivity index (χ0) is 17.4. The van der Waals surface area contributed by atoms with E-state index in [1.165, 1.54) is 11.1 Å². The lowest BCUT2D eigenvalue weighted by Crippen LogP contribution is -2.35. The van der Waals surface area contributed by atoms with E-state index >= 15 is 0 Å². The van der Waals surface area contributed by atoms with Crippen molar-refractivity contribution in [2.45, 2.75) is 40.0 Å². The summed E-state index contributed by atoms with van der Waals surface area (Å²) in [5.74, 6) is 0.508. The molecule has 1 aromatic carbocycles. The molecule has 0 amide bonds. The number of aromatic nitrogens is 2. The van der Waals surface area contributed by atoms with Crippen LogP contribution in [0.3, 0.4) is 0 Å². The molecule has 0 saturated carbocycles. The van der Waals surface area contributed by atoms with Crippen molar-refractivity contribution in [3.8, 4) is 11.3 Å². The summed E-state index contributed by atoms with van der Waals surface area (Å²) in [5, 5.41) is 2.17. The summed E-state index contributed by atoms with van der Waals surface area (Å²) in [6.45, 7) is 8.57. The van der Waals surface area contributed by atoms with Crippen molar-refractivity contribution in [2.75, 3.05) is 0 Å². The van der Waals surface area contributed by atoms with E-state index in [1.54, 1.807) is 0 Å². The second-order valence-electron chi connectivity index (χ2n) is 6.42. The van der Waals surface area contributed by atoms with Gasteiger partial charge in [-0.3, -0.25) is 4.98 Å². The predicted octanol–water partition coefficient (Wildman–Crippen LogP) is 4.86. The number of fused-ring (bicyclic) bond motifs is 1. The van der Waals surface area contributed by atoms with Crippen molar-refractivity contribution in [3.63, 3.8) is 0 Å². The van der Waals surface area contributed by atoms with Crippen LogP contribution in [0.25, 0.3) is 22.0 Å². The zero-order valence-electron chi connectivity index (χ0n) is 15.6. The highest BCUT2D eigenvalue weighted by Gasteiger charge is 2.20. The molecule has 0 N–H and O–H groups in total. The maximum atomic E-state index is 8.60. The van der Waals surface area contributed by atoms with Gasteiger partial charge in [0.15, 0.2) is 5.69 Å². The molecule has 2 aromatic heterocycles. The van der Waals surface area contributed by atoms with Crippen molar-refractivity contribution >= 4 is 10.8 Å². The number of pyridine rings is 2. The minimum atomic E-state index is 0.508. The molecule has 0 bridgehead atoms. The number of hydrogen-bond donors (Lipinski definition) is 0. The quantitative estimate of drug-likeness (QED) is 0.632. The Labute approximate surface area is 140 Å². The average molecular weight is 306 g/mol. The van der Waals surface area contributed by atoms with Crippen molar-refractivity contribution in [3.05, 3.63) is 59.5 Å². The summed E-state index contributed by atoms with van der Waals surface area (Å²) in [5.41, 5.74) is 5.78. The van der Waals surface area contributed by atoms with Gasteiger partial charge in [0.25, 0.3) is 0 Å². The Morgan fingerprint density at radius 1 is 1.26 bits per heavy atom. The first-order chi connectivity index (χ1) is 11.5. The SMILES string of the molecule is [2H]c1c(C)[n+](C)c(-c2ccncc2C)c2ccc(C(C)CC)cc12. The van der Waals surface area contributed by atoms with Crippen LogP contribution >= 0.6 is 0 Å². The average Bonchev–Trinajstić information content (AvgIpc) is 2.60. The van der Waals surface area contributed by atoms with Gasteiger partial charge in [-0.2, -0.15) is 4.57 Å². The summed E-state index contributed by atoms with van der Waals surface area (Å²) in [6.07, 6.45) is 4.85. The fourth-order valence-electron chi connectivity index (χ4n) is 3.11. The molecule has 1 unspecified atom stereocenters. The first kappa shape index (κ1) is 14.4. The Morgan fingerprint density at radius 2 is 2.04 bits per heavy atom. The van der Waals surface area contributed by atoms with Crippen LogP contribution in [0.2, 0.25) is 0 Å². The fourth-order valence-corrected chi connectivity index (χ4v) is 3.11. The lowest BCUT2D eigenvalue weighted by atomic mass is 9.93. The van der Waals surface area contributed by atoms with Gasteiger partial charge >= 0.3 is 0 Å². The van der Waals surface area contributed by atoms with E-state index in [1.807, 2.05) is 26.4 Å². The van der Waals surface area contributed by atoms with E-state index < -0.39 is 0 Å². The predicted molar refractivity (Wildman–Crippen MR) is 96.5 cm³/mol. The Kier molecular flexibility index (Phi) is 3.82. The van der Waals surface area contributed by atoms with Gasteiger partial charge in [0.2, 0.25) is 5.69 Å². The summed E-state index contributed by atoms with van der Waals surface area (Å²) >= 11 is 0. The van der Waals surface area contributed by atoms with E-state index in [0.717, 1.165) is 34.1 Å². The largest absolute Gasteiger partial charge is 0.264 e. The van der Waals surface area contributed by atoms with Crippen LogP contribution in [-0.2, 0) is 7.05 Å². The number of nitrogens with zero attached hydrogens (tertiary/aromatic N) is 2. The zero-order valence-corrected chi connectivity index (χ0v) is 14.6. The topological polar surface area (TPSA) is 16.8 Å². The molecule has 2 heteroatoms. The fraction of sp³-hybridized carbons (Fsp3) is 0.333. The van der Waals surface area contributed by atoms with E-state index in [4.69, 9.17) is 1.37 Å². The molecule has 1 atom stereocenters. The Hall–Kier alpha value is -2.22. The number of rotatable bonds is 3. The maximum Gasteiger partial charge on any atom is 0.220 e. The molecule has 0 fully saturated rings. The Balaban J connectivity index is 2.40. The molecule has 23 heavy (non-hydrogen) atoms. The van der Waals surface area contributed by atoms with Crippen LogP contribution in [0, 0.1) is 13.8 Å². The summed E-state index contributed by atoms with van der Waals surface area (Å²) in [7, 11) is 2.05. The van der Waals surface area contributed by atoms with E-state index in [-0.39, 0.29) is 0 Å². The normalized spacial score (nSPS) is 13.2. The third-order valence-corrected chi connectivity index (χ3v) is 4.91. The lowest BCUT2D eigenvalue weighted by Gasteiger charge is -2.13.